The molecule has 2 aromatic rings. The second-order valence-corrected chi connectivity index (χ2v) is 5.61. The number of ether oxygens (including phenoxy) is 1. The van der Waals surface area contributed by atoms with Gasteiger partial charge in [0.2, 0.25) is 5.91 Å². The van der Waals surface area contributed by atoms with Gasteiger partial charge >= 0.3 is 0 Å². The highest BCUT2D eigenvalue weighted by molar-refractivity contribution is 7.99. The highest BCUT2D eigenvalue weighted by Gasteiger charge is 2.10. The van der Waals surface area contributed by atoms with Gasteiger partial charge in [-0.15, -0.1) is 10.2 Å². The minimum Gasteiger partial charge on any atom is -0.490 e. The molecule has 2 rings (SSSR count). The molecule has 1 heterocycles. The van der Waals surface area contributed by atoms with Crippen molar-refractivity contribution in [2.45, 2.75) is 18.0 Å². The summed E-state index contributed by atoms with van der Waals surface area (Å²) >= 11 is 1.45. The first-order valence-corrected chi connectivity index (χ1v) is 7.73. The first-order valence-electron chi connectivity index (χ1n) is 6.74. The molecule has 0 saturated carbocycles. The summed E-state index contributed by atoms with van der Waals surface area (Å²) in [6, 6.07) is 6.28. The molecule has 0 bridgehead atoms. The fourth-order valence-corrected chi connectivity index (χ4v) is 2.52. The molecule has 0 radical (unpaired) electrons. The Morgan fingerprint density at radius 3 is 2.91 bits per heavy atom. The molecule has 0 aliphatic carbocycles. The van der Waals surface area contributed by atoms with Crippen molar-refractivity contribution in [1.29, 1.82) is 0 Å². The van der Waals surface area contributed by atoms with Crippen molar-refractivity contribution in [3.05, 3.63) is 35.9 Å². The van der Waals surface area contributed by atoms with E-state index in [9.17, 15) is 9.18 Å². The summed E-state index contributed by atoms with van der Waals surface area (Å²) < 4.78 is 20.5. The normalized spacial score (nSPS) is 10.6. The van der Waals surface area contributed by atoms with E-state index in [4.69, 9.17) is 10.5 Å². The fraction of sp³-hybridized carbons (Fsp3) is 0.357. The number of thioether (sulfide) groups is 1. The summed E-state index contributed by atoms with van der Waals surface area (Å²) in [5.41, 5.74) is 5.11. The number of nitrogens with zero attached hydrogens (tertiary/aromatic N) is 3. The molecule has 0 atom stereocenters. The van der Waals surface area contributed by atoms with Crippen LogP contribution in [0.5, 0.6) is 5.75 Å². The summed E-state index contributed by atoms with van der Waals surface area (Å²) in [7, 11) is 1.83. The largest absolute Gasteiger partial charge is 0.490 e. The Labute approximate surface area is 131 Å². The number of para-hydroxylation sites is 1. The van der Waals surface area contributed by atoms with E-state index in [0.29, 0.717) is 24.6 Å². The summed E-state index contributed by atoms with van der Waals surface area (Å²) in [5.74, 6) is 0.811. The Bertz CT molecular complexity index is 648. The lowest BCUT2D eigenvalue weighted by atomic mass is 10.3. The van der Waals surface area contributed by atoms with E-state index in [0.717, 1.165) is 5.16 Å². The third kappa shape index (κ3) is 4.45. The van der Waals surface area contributed by atoms with Gasteiger partial charge in [-0.2, -0.15) is 0 Å². The molecular formula is C14H17FN4O2S. The van der Waals surface area contributed by atoms with E-state index in [-0.39, 0.29) is 23.9 Å². The van der Waals surface area contributed by atoms with Crippen LogP contribution in [0.25, 0.3) is 0 Å². The summed E-state index contributed by atoms with van der Waals surface area (Å²) in [5, 5.41) is 8.79. The van der Waals surface area contributed by atoms with E-state index >= 15 is 0 Å². The quantitative estimate of drug-likeness (QED) is 0.588. The molecule has 1 aromatic carbocycles. The van der Waals surface area contributed by atoms with Crippen LogP contribution in [0.1, 0.15) is 12.2 Å². The molecule has 0 fully saturated rings. The van der Waals surface area contributed by atoms with Gasteiger partial charge in [-0.05, 0) is 12.1 Å². The minimum absolute atomic E-state index is 0.239. The van der Waals surface area contributed by atoms with Crippen LogP contribution in [0.15, 0.2) is 29.4 Å². The molecule has 1 aromatic heterocycles. The number of nitrogens with two attached hydrogens (primary N) is 1. The van der Waals surface area contributed by atoms with Crippen molar-refractivity contribution in [3.63, 3.8) is 0 Å². The second kappa shape index (κ2) is 7.79. The maximum atomic E-state index is 13.4. The molecule has 2 N–H and O–H groups in total. The number of amides is 1. The van der Waals surface area contributed by atoms with Gasteiger partial charge in [0.25, 0.3) is 0 Å². The van der Waals surface area contributed by atoms with E-state index < -0.39 is 0 Å². The number of aromatic nitrogens is 3. The maximum Gasteiger partial charge on any atom is 0.217 e. The third-order valence-corrected chi connectivity index (χ3v) is 3.91. The SMILES string of the molecule is Cn1c(CCC(N)=O)nnc1SCCOc1ccccc1F. The van der Waals surface area contributed by atoms with Crippen molar-refractivity contribution in [2.75, 3.05) is 12.4 Å². The highest BCUT2D eigenvalue weighted by Crippen LogP contribution is 2.18. The molecule has 22 heavy (non-hydrogen) atoms. The molecule has 6 nitrogen and oxygen atoms in total. The average Bonchev–Trinajstić information content (AvgIpc) is 2.84. The van der Waals surface area contributed by atoms with E-state index in [1.807, 2.05) is 11.6 Å². The van der Waals surface area contributed by atoms with E-state index in [2.05, 4.69) is 10.2 Å². The smallest absolute Gasteiger partial charge is 0.217 e. The third-order valence-electron chi connectivity index (χ3n) is 2.93. The van der Waals surface area contributed by atoms with Crippen LogP contribution in [0.3, 0.4) is 0 Å². The molecule has 118 valence electrons. The van der Waals surface area contributed by atoms with Gasteiger partial charge in [0.15, 0.2) is 16.7 Å². The zero-order valence-electron chi connectivity index (χ0n) is 12.2. The van der Waals surface area contributed by atoms with Crippen LogP contribution in [0.4, 0.5) is 4.39 Å². The molecule has 1 amide bonds. The van der Waals surface area contributed by atoms with Gasteiger partial charge in [0, 0.05) is 25.6 Å². The van der Waals surface area contributed by atoms with Crippen LogP contribution in [-0.4, -0.2) is 33.0 Å². The summed E-state index contributed by atoms with van der Waals surface area (Å²) in [6.07, 6.45) is 0.707. The number of hydrogen-bond acceptors (Lipinski definition) is 5. The van der Waals surface area contributed by atoms with Gasteiger partial charge in [0.05, 0.1) is 6.61 Å². The van der Waals surface area contributed by atoms with Gasteiger partial charge in [0.1, 0.15) is 5.82 Å². The molecule has 0 unspecified atom stereocenters. The molecule has 0 aliphatic rings. The van der Waals surface area contributed by atoms with E-state index in [1.54, 1.807) is 18.2 Å². The lowest BCUT2D eigenvalue weighted by Gasteiger charge is -2.06. The maximum absolute atomic E-state index is 13.4. The Kier molecular flexibility index (Phi) is 5.76. The van der Waals surface area contributed by atoms with Crippen LogP contribution in [-0.2, 0) is 18.3 Å². The van der Waals surface area contributed by atoms with Crippen LogP contribution in [0.2, 0.25) is 0 Å². The first kappa shape index (κ1) is 16.3. The number of carbonyl (C=O) groups excluding carboxylic acids is 1. The number of benzene rings is 1. The van der Waals surface area contributed by atoms with Gasteiger partial charge in [-0.25, -0.2) is 4.39 Å². The van der Waals surface area contributed by atoms with Crippen molar-refractivity contribution in [3.8, 4) is 5.75 Å². The Morgan fingerprint density at radius 2 is 2.18 bits per heavy atom. The molecular weight excluding hydrogens is 307 g/mol. The predicted octanol–water partition coefficient (Wildman–Crippen LogP) is 1.54. The van der Waals surface area contributed by atoms with Crippen molar-refractivity contribution < 1.29 is 13.9 Å². The lowest BCUT2D eigenvalue weighted by molar-refractivity contribution is -0.118. The highest BCUT2D eigenvalue weighted by atomic mass is 32.2. The van der Waals surface area contributed by atoms with Crippen LogP contribution in [0, 0.1) is 5.82 Å². The number of aryl methyl sites for hydroxylation is 1. The zero-order chi connectivity index (χ0) is 15.9. The molecule has 0 aliphatic heterocycles. The topological polar surface area (TPSA) is 83.0 Å². The summed E-state index contributed by atoms with van der Waals surface area (Å²) in [6.45, 7) is 0.356. The number of rotatable bonds is 8. The monoisotopic (exact) mass is 324 g/mol. The fourth-order valence-electron chi connectivity index (χ4n) is 1.77. The zero-order valence-corrected chi connectivity index (χ0v) is 13.0. The number of carbonyl (C=O) groups is 1. The van der Waals surface area contributed by atoms with Crippen molar-refractivity contribution in [1.82, 2.24) is 14.8 Å². The number of primary amides is 1. The molecule has 0 spiro atoms. The van der Waals surface area contributed by atoms with E-state index in [1.165, 1.54) is 17.8 Å². The molecule has 0 saturated heterocycles. The van der Waals surface area contributed by atoms with Crippen LogP contribution >= 0.6 is 11.8 Å². The Morgan fingerprint density at radius 1 is 1.41 bits per heavy atom. The number of halogens is 1. The second-order valence-electron chi connectivity index (χ2n) is 4.55. The van der Waals surface area contributed by atoms with Crippen molar-refractivity contribution in [2.24, 2.45) is 12.8 Å². The van der Waals surface area contributed by atoms with Crippen LogP contribution < -0.4 is 10.5 Å². The summed E-state index contributed by atoms with van der Waals surface area (Å²) in [4.78, 5) is 10.8. The molecule has 8 heteroatoms. The van der Waals surface area contributed by atoms with Gasteiger partial charge < -0.3 is 15.0 Å². The first-order chi connectivity index (χ1) is 10.6. The van der Waals surface area contributed by atoms with Gasteiger partial charge in [-0.3, -0.25) is 4.79 Å². The standard InChI is InChI=1S/C14H17FN4O2S/c1-19-13(7-6-12(16)20)17-18-14(19)22-9-8-21-11-5-3-2-4-10(11)15/h2-5H,6-9H2,1H3,(H2,16,20). The predicted molar refractivity (Wildman–Crippen MR) is 81.1 cm³/mol. The lowest BCUT2D eigenvalue weighted by Crippen LogP contribution is -2.13. The number of hydrogen-bond donors (Lipinski definition) is 1. The Balaban J connectivity index is 1.80. The average molecular weight is 324 g/mol. The minimum atomic E-state index is -0.375. The Hall–Kier alpha value is -2.09. The van der Waals surface area contributed by atoms with Gasteiger partial charge in [-0.1, -0.05) is 23.9 Å². The van der Waals surface area contributed by atoms with Crippen molar-refractivity contribution >= 4 is 17.7 Å².